The molecule has 0 atom stereocenters. The van der Waals surface area contributed by atoms with E-state index in [2.05, 4.69) is 31.5 Å². The highest BCUT2D eigenvalue weighted by Gasteiger charge is 2.09. The predicted octanol–water partition coefficient (Wildman–Crippen LogP) is 1.83. The highest BCUT2D eigenvalue weighted by molar-refractivity contribution is 9.10. The van der Waals surface area contributed by atoms with Gasteiger partial charge in [0.1, 0.15) is 5.82 Å². The minimum Gasteiger partial charge on any atom is -0.329 e. The number of nitrogens with two attached hydrogens (primary N) is 1. The first-order chi connectivity index (χ1) is 8.72. The molecule has 8 heteroatoms. The van der Waals surface area contributed by atoms with Crippen molar-refractivity contribution in [3.8, 4) is 0 Å². The summed E-state index contributed by atoms with van der Waals surface area (Å²) in [4.78, 5) is 0. The summed E-state index contributed by atoms with van der Waals surface area (Å²) in [6.45, 7) is 1.04. The third-order valence-electron chi connectivity index (χ3n) is 2.23. The molecule has 0 amide bonds. The fourth-order valence-electron chi connectivity index (χ4n) is 1.36. The Labute approximate surface area is 116 Å². The van der Waals surface area contributed by atoms with Crippen LogP contribution < -0.4 is 5.73 Å². The Balaban J connectivity index is 2.07. The smallest absolute Gasteiger partial charge is 0.209 e. The molecule has 0 radical (unpaired) electrons. The van der Waals surface area contributed by atoms with Gasteiger partial charge in [0.25, 0.3) is 0 Å². The zero-order valence-electron chi connectivity index (χ0n) is 9.38. The van der Waals surface area contributed by atoms with Crippen molar-refractivity contribution >= 4 is 27.7 Å². The van der Waals surface area contributed by atoms with Crippen molar-refractivity contribution in [2.75, 3.05) is 6.54 Å². The van der Waals surface area contributed by atoms with Gasteiger partial charge >= 0.3 is 0 Å². The molecule has 1 heterocycles. The third-order valence-corrected chi connectivity index (χ3v) is 4.12. The van der Waals surface area contributed by atoms with Crippen molar-refractivity contribution < 1.29 is 4.39 Å². The molecule has 0 saturated heterocycles. The van der Waals surface area contributed by atoms with Crippen LogP contribution in [-0.2, 0) is 12.3 Å². The summed E-state index contributed by atoms with van der Waals surface area (Å²) in [5.74, 6) is 0.318. The second-order valence-corrected chi connectivity index (χ2v) is 5.21. The number of hydrogen-bond donors (Lipinski definition) is 1. The number of aromatic nitrogens is 4. The normalized spacial score (nSPS) is 10.8. The van der Waals surface area contributed by atoms with Gasteiger partial charge in [-0.3, -0.25) is 0 Å². The van der Waals surface area contributed by atoms with Crippen molar-refractivity contribution in [3.63, 3.8) is 0 Å². The molecule has 2 rings (SSSR count). The summed E-state index contributed by atoms with van der Waals surface area (Å²) in [6.07, 6.45) is 0. The van der Waals surface area contributed by atoms with Crippen LogP contribution in [0.2, 0.25) is 0 Å². The van der Waals surface area contributed by atoms with Crippen molar-refractivity contribution in [1.29, 1.82) is 0 Å². The molecule has 0 fully saturated rings. The summed E-state index contributed by atoms with van der Waals surface area (Å²) >= 11 is 4.67. The van der Waals surface area contributed by atoms with Crippen molar-refractivity contribution in [2.45, 2.75) is 17.5 Å². The maximum Gasteiger partial charge on any atom is 0.209 e. The van der Waals surface area contributed by atoms with Gasteiger partial charge in [0.15, 0.2) is 0 Å². The van der Waals surface area contributed by atoms with Crippen LogP contribution in [0.15, 0.2) is 27.8 Å². The van der Waals surface area contributed by atoms with Gasteiger partial charge in [0, 0.05) is 12.3 Å². The Morgan fingerprint density at radius 1 is 1.44 bits per heavy atom. The van der Waals surface area contributed by atoms with Gasteiger partial charge in [0.05, 0.1) is 11.0 Å². The van der Waals surface area contributed by atoms with Crippen LogP contribution in [0.1, 0.15) is 5.56 Å². The standard InChI is InChI=1S/C10H11BrFN5S/c11-9-7(2-1-3-8(9)12)6-18-10-14-15-16-17(10)5-4-13/h1-3H,4-6,13H2. The molecule has 96 valence electrons. The monoisotopic (exact) mass is 331 g/mol. The Morgan fingerprint density at radius 3 is 3.06 bits per heavy atom. The lowest BCUT2D eigenvalue weighted by molar-refractivity contribution is 0.557. The zero-order valence-corrected chi connectivity index (χ0v) is 11.8. The summed E-state index contributed by atoms with van der Waals surface area (Å²) in [5.41, 5.74) is 6.32. The molecular formula is C10H11BrFN5S. The predicted molar refractivity (Wildman–Crippen MR) is 70.5 cm³/mol. The second-order valence-electron chi connectivity index (χ2n) is 3.47. The fourth-order valence-corrected chi connectivity index (χ4v) is 2.85. The highest BCUT2D eigenvalue weighted by atomic mass is 79.9. The number of thioether (sulfide) groups is 1. The molecule has 0 aliphatic rings. The van der Waals surface area contributed by atoms with Gasteiger partial charge in [0.2, 0.25) is 5.16 Å². The lowest BCUT2D eigenvalue weighted by Crippen LogP contribution is -2.12. The summed E-state index contributed by atoms with van der Waals surface area (Å²) in [6, 6.07) is 4.95. The molecule has 0 unspecified atom stereocenters. The highest BCUT2D eigenvalue weighted by Crippen LogP contribution is 2.27. The lowest BCUT2D eigenvalue weighted by Gasteiger charge is -2.05. The van der Waals surface area contributed by atoms with E-state index in [0.717, 1.165) is 5.56 Å². The number of rotatable bonds is 5. The quantitative estimate of drug-likeness (QED) is 0.846. The van der Waals surface area contributed by atoms with E-state index < -0.39 is 0 Å². The average Bonchev–Trinajstić information content (AvgIpc) is 2.79. The molecule has 0 bridgehead atoms. The summed E-state index contributed by atoms with van der Waals surface area (Å²) < 4.78 is 15.4. The van der Waals surface area contributed by atoms with Crippen molar-refractivity contribution in [1.82, 2.24) is 20.2 Å². The van der Waals surface area contributed by atoms with Crippen molar-refractivity contribution in [3.05, 3.63) is 34.1 Å². The van der Waals surface area contributed by atoms with E-state index in [9.17, 15) is 4.39 Å². The average molecular weight is 332 g/mol. The molecule has 1 aromatic carbocycles. The van der Waals surface area contributed by atoms with E-state index in [4.69, 9.17) is 5.73 Å². The number of halogens is 2. The van der Waals surface area contributed by atoms with Gasteiger partial charge in [-0.1, -0.05) is 23.9 Å². The number of nitrogens with zero attached hydrogens (tertiary/aromatic N) is 4. The largest absolute Gasteiger partial charge is 0.329 e. The van der Waals surface area contributed by atoms with E-state index in [1.54, 1.807) is 10.7 Å². The van der Waals surface area contributed by atoms with E-state index in [0.29, 0.717) is 28.5 Å². The second kappa shape index (κ2) is 6.26. The van der Waals surface area contributed by atoms with Gasteiger partial charge in [-0.25, -0.2) is 9.07 Å². The number of hydrogen-bond acceptors (Lipinski definition) is 5. The molecule has 2 N–H and O–H groups in total. The van der Waals surface area contributed by atoms with Gasteiger partial charge < -0.3 is 5.73 Å². The Kier molecular flexibility index (Phi) is 4.67. The van der Waals surface area contributed by atoms with E-state index in [-0.39, 0.29) is 5.82 Å². The molecule has 18 heavy (non-hydrogen) atoms. The SMILES string of the molecule is NCCn1nnnc1SCc1cccc(F)c1Br. The van der Waals surface area contributed by atoms with Crippen LogP contribution in [0.25, 0.3) is 0 Å². The minimum atomic E-state index is -0.269. The Morgan fingerprint density at radius 2 is 2.28 bits per heavy atom. The van der Waals surface area contributed by atoms with E-state index >= 15 is 0 Å². The fraction of sp³-hybridized carbons (Fsp3) is 0.300. The topological polar surface area (TPSA) is 69.6 Å². The first-order valence-electron chi connectivity index (χ1n) is 5.24. The molecule has 5 nitrogen and oxygen atoms in total. The Hall–Kier alpha value is -0.990. The van der Waals surface area contributed by atoms with Gasteiger partial charge in [-0.15, -0.1) is 5.10 Å². The van der Waals surface area contributed by atoms with Gasteiger partial charge in [-0.2, -0.15) is 0 Å². The van der Waals surface area contributed by atoms with Gasteiger partial charge in [-0.05, 0) is 38.0 Å². The summed E-state index contributed by atoms with van der Waals surface area (Å²) in [5, 5.41) is 12.0. The maximum absolute atomic E-state index is 13.3. The van der Waals surface area contributed by atoms with E-state index in [1.807, 2.05) is 6.07 Å². The van der Waals surface area contributed by atoms with E-state index in [1.165, 1.54) is 17.8 Å². The molecule has 0 spiro atoms. The molecule has 0 aliphatic carbocycles. The third kappa shape index (κ3) is 3.06. The number of tetrazole rings is 1. The maximum atomic E-state index is 13.3. The molecule has 2 aromatic rings. The first-order valence-corrected chi connectivity index (χ1v) is 7.02. The number of benzene rings is 1. The lowest BCUT2D eigenvalue weighted by atomic mass is 10.2. The van der Waals surface area contributed by atoms with Crippen LogP contribution in [0.3, 0.4) is 0 Å². The van der Waals surface area contributed by atoms with Crippen LogP contribution >= 0.6 is 27.7 Å². The molecule has 0 saturated carbocycles. The molecule has 0 aliphatic heterocycles. The molecular weight excluding hydrogens is 321 g/mol. The minimum absolute atomic E-state index is 0.269. The zero-order chi connectivity index (χ0) is 13.0. The Bertz CT molecular complexity index is 533. The van der Waals surface area contributed by atoms with Crippen LogP contribution in [0, 0.1) is 5.82 Å². The van der Waals surface area contributed by atoms with Crippen LogP contribution in [-0.4, -0.2) is 26.8 Å². The van der Waals surface area contributed by atoms with Crippen molar-refractivity contribution in [2.24, 2.45) is 5.73 Å². The summed E-state index contributed by atoms with van der Waals surface area (Å²) in [7, 11) is 0. The molecule has 1 aromatic heterocycles. The first kappa shape index (κ1) is 13.4. The van der Waals surface area contributed by atoms with Crippen LogP contribution in [0.4, 0.5) is 4.39 Å². The van der Waals surface area contributed by atoms with Crippen LogP contribution in [0.5, 0.6) is 0 Å².